The molecule has 2 aromatic rings. The number of rotatable bonds is 4. The summed E-state index contributed by atoms with van der Waals surface area (Å²) in [5.41, 5.74) is 0.299. The van der Waals surface area contributed by atoms with Gasteiger partial charge < -0.3 is 10.5 Å². The zero-order valence-corrected chi connectivity index (χ0v) is 14.4. The second kappa shape index (κ2) is 7.42. The van der Waals surface area contributed by atoms with Gasteiger partial charge in [0, 0.05) is 17.2 Å². The summed E-state index contributed by atoms with van der Waals surface area (Å²) in [6.07, 6.45) is 1.37. The molecule has 1 amide bonds. The molecular formula is C14H11Cl3N2O2S. The van der Waals surface area contributed by atoms with Gasteiger partial charge in [-0.25, -0.2) is 0 Å². The number of thioether (sulfide) groups is 1. The van der Waals surface area contributed by atoms with Gasteiger partial charge in [0.05, 0.1) is 21.0 Å². The Kier molecular flexibility index (Phi) is 5.81. The molecular weight excluding hydrogens is 367 g/mol. The van der Waals surface area contributed by atoms with Crippen LogP contribution in [0.5, 0.6) is 0 Å². The first kappa shape index (κ1) is 17.2. The minimum atomic E-state index is -0.509. The van der Waals surface area contributed by atoms with Gasteiger partial charge in [-0.15, -0.1) is 0 Å². The lowest BCUT2D eigenvalue weighted by Crippen LogP contribution is -2.30. The van der Waals surface area contributed by atoms with Crippen LogP contribution < -0.4 is 10.0 Å². The standard InChI is InChI=1S/C14H11Cl3N2O2S/c1-8(22-12-4-2-3-5-19(12)21)14(20)18-13-10(16)6-9(15)7-11(13)17/h2-8H,1H3,(H,18,20). The van der Waals surface area contributed by atoms with E-state index < -0.39 is 5.25 Å². The SMILES string of the molecule is CC(Sc1cccc[n+]1[O-])C(=O)Nc1c(Cl)cc(Cl)cc1Cl. The number of pyridine rings is 1. The number of aromatic nitrogens is 1. The Balaban J connectivity index is 2.11. The molecule has 1 N–H and O–H groups in total. The van der Waals surface area contributed by atoms with Gasteiger partial charge in [-0.1, -0.05) is 34.8 Å². The molecule has 0 aliphatic rings. The van der Waals surface area contributed by atoms with Gasteiger partial charge in [-0.3, -0.25) is 4.79 Å². The molecule has 8 heteroatoms. The number of anilines is 1. The molecule has 0 saturated carbocycles. The Labute approximate surface area is 147 Å². The molecule has 116 valence electrons. The van der Waals surface area contributed by atoms with Crippen molar-refractivity contribution in [3.8, 4) is 0 Å². The molecule has 1 unspecified atom stereocenters. The highest BCUT2D eigenvalue weighted by Crippen LogP contribution is 2.34. The smallest absolute Gasteiger partial charge is 0.252 e. The van der Waals surface area contributed by atoms with Gasteiger partial charge >= 0.3 is 0 Å². The maximum atomic E-state index is 12.2. The lowest BCUT2D eigenvalue weighted by molar-refractivity contribution is -0.645. The van der Waals surface area contributed by atoms with Crippen LogP contribution in [0.2, 0.25) is 15.1 Å². The Bertz CT molecular complexity index is 689. The summed E-state index contributed by atoms with van der Waals surface area (Å²) in [5, 5.41) is 15.0. The molecule has 22 heavy (non-hydrogen) atoms. The maximum absolute atomic E-state index is 12.2. The van der Waals surface area contributed by atoms with Crippen molar-refractivity contribution in [1.82, 2.24) is 0 Å². The summed E-state index contributed by atoms with van der Waals surface area (Å²) in [7, 11) is 0. The minimum absolute atomic E-state index is 0.252. The predicted molar refractivity (Wildman–Crippen MR) is 90.8 cm³/mol. The number of nitrogens with one attached hydrogen (secondary N) is 1. The summed E-state index contributed by atoms with van der Waals surface area (Å²) >= 11 is 19.0. The van der Waals surface area contributed by atoms with Crippen LogP contribution in [0.25, 0.3) is 0 Å². The van der Waals surface area contributed by atoms with Crippen molar-refractivity contribution in [2.45, 2.75) is 17.2 Å². The third-order valence-electron chi connectivity index (χ3n) is 2.71. The molecule has 1 aromatic carbocycles. The van der Waals surface area contributed by atoms with Crippen molar-refractivity contribution in [3.05, 3.63) is 56.8 Å². The highest BCUT2D eigenvalue weighted by atomic mass is 35.5. The van der Waals surface area contributed by atoms with Crippen molar-refractivity contribution < 1.29 is 9.52 Å². The summed E-state index contributed by atoms with van der Waals surface area (Å²) in [6, 6.07) is 7.98. The number of benzene rings is 1. The van der Waals surface area contributed by atoms with Gasteiger partial charge in [0.15, 0.2) is 6.20 Å². The Morgan fingerprint density at radius 1 is 1.27 bits per heavy atom. The lowest BCUT2D eigenvalue weighted by atomic mass is 10.3. The lowest BCUT2D eigenvalue weighted by Gasteiger charge is -2.13. The van der Waals surface area contributed by atoms with Crippen LogP contribution in [0.4, 0.5) is 5.69 Å². The molecule has 0 fully saturated rings. The summed E-state index contributed by atoms with van der Waals surface area (Å²) in [4.78, 5) is 12.2. The predicted octanol–water partition coefficient (Wildman–Crippen LogP) is 4.40. The monoisotopic (exact) mass is 376 g/mol. The topological polar surface area (TPSA) is 56.0 Å². The highest BCUT2D eigenvalue weighted by molar-refractivity contribution is 8.00. The molecule has 0 bridgehead atoms. The fourth-order valence-corrected chi connectivity index (χ4v) is 3.39. The number of hydrogen-bond donors (Lipinski definition) is 1. The minimum Gasteiger partial charge on any atom is -0.618 e. The van der Waals surface area contributed by atoms with E-state index in [1.165, 1.54) is 18.3 Å². The molecule has 0 aliphatic heterocycles. The third-order valence-corrected chi connectivity index (χ3v) is 4.65. The zero-order chi connectivity index (χ0) is 16.3. The molecule has 0 spiro atoms. The van der Waals surface area contributed by atoms with Gasteiger partial charge in [-0.05, 0) is 36.9 Å². The Morgan fingerprint density at radius 3 is 2.50 bits per heavy atom. The van der Waals surface area contributed by atoms with E-state index in [4.69, 9.17) is 34.8 Å². The van der Waals surface area contributed by atoms with E-state index >= 15 is 0 Å². The second-order valence-electron chi connectivity index (χ2n) is 4.36. The molecule has 0 aliphatic carbocycles. The first-order valence-corrected chi connectivity index (χ1v) is 8.20. The summed E-state index contributed by atoms with van der Waals surface area (Å²) in [6.45, 7) is 1.69. The van der Waals surface area contributed by atoms with Crippen molar-refractivity contribution >= 4 is 58.2 Å². The quantitative estimate of drug-likeness (QED) is 0.488. The first-order valence-electron chi connectivity index (χ1n) is 6.18. The number of carbonyl (C=O) groups excluding carboxylic acids is 1. The summed E-state index contributed by atoms with van der Waals surface area (Å²) in [5.74, 6) is -0.319. The Morgan fingerprint density at radius 2 is 1.91 bits per heavy atom. The van der Waals surface area contributed by atoms with E-state index in [2.05, 4.69) is 5.32 Å². The van der Waals surface area contributed by atoms with Gasteiger partial charge in [0.2, 0.25) is 5.91 Å². The van der Waals surface area contributed by atoms with Crippen molar-refractivity contribution in [2.24, 2.45) is 0 Å². The second-order valence-corrected chi connectivity index (χ2v) is 6.97. The zero-order valence-electron chi connectivity index (χ0n) is 11.3. The molecule has 1 atom stereocenters. The van der Waals surface area contributed by atoms with E-state index in [1.807, 2.05) is 0 Å². The largest absolute Gasteiger partial charge is 0.618 e. The summed E-state index contributed by atoms with van der Waals surface area (Å²) < 4.78 is 0.705. The number of hydrogen-bond acceptors (Lipinski definition) is 3. The number of nitrogens with zero attached hydrogens (tertiary/aromatic N) is 1. The van der Waals surface area contributed by atoms with Crippen LogP contribution in [0.1, 0.15) is 6.92 Å². The van der Waals surface area contributed by atoms with E-state index in [1.54, 1.807) is 25.1 Å². The van der Waals surface area contributed by atoms with Crippen LogP contribution in [0, 0.1) is 5.21 Å². The third kappa shape index (κ3) is 4.20. The number of amides is 1. The molecule has 2 rings (SSSR count). The van der Waals surface area contributed by atoms with E-state index in [9.17, 15) is 10.0 Å². The van der Waals surface area contributed by atoms with Gasteiger partial charge in [0.1, 0.15) is 0 Å². The fourth-order valence-electron chi connectivity index (χ4n) is 1.62. The Hall–Kier alpha value is -1.14. The fraction of sp³-hybridized carbons (Fsp3) is 0.143. The first-order chi connectivity index (χ1) is 10.4. The normalized spacial score (nSPS) is 12.0. The van der Waals surface area contributed by atoms with Crippen LogP contribution in [0.15, 0.2) is 41.6 Å². The van der Waals surface area contributed by atoms with Crippen LogP contribution in [-0.2, 0) is 4.79 Å². The van der Waals surface area contributed by atoms with Crippen molar-refractivity contribution in [1.29, 1.82) is 0 Å². The van der Waals surface area contributed by atoms with E-state index in [0.29, 0.717) is 20.5 Å². The molecule has 0 saturated heterocycles. The van der Waals surface area contributed by atoms with E-state index in [0.717, 1.165) is 11.8 Å². The molecule has 1 aromatic heterocycles. The van der Waals surface area contributed by atoms with Crippen LogP contribution in [-0.4, -0.2) is 11.2 Å². The highest BCUT2D eigenvalue weighted by Gasteiger charge is 2.20. The maximum Gasteiger partial charge on any atom is 0.252 e. The van der Waals surface area contributed by atoms with Gasteiger partial charge in [0.25, 0.3) is 5.03 Å². The number of halogens is 3. The number of carbonyl (C=O) groups is 1. The van der Waals surface area contributed by atoms with Crippen molar-refractivity contribution in [3.63, 3.8) is 0 Å². The average molecular weight is 378 g/mol. The average Bonchev–Trinajstić information content (AvgIpc) is 2.45. The van der Waals surface area contributed by atoms with Crippen molar-refractivity contribution in [2.75, 3.05) is 5.32 Å². The van der Waals surface area contributed by atoms with E-state index in [-0.39, 0.29) is 16.0 Å². The van der Waals surface area contributed by atoms with Crippen LogP contribution >= 0.6 is 46.6 Å². The van der Waals surface area contributed by atoms with Gasteiger partial charge in [-0.2, -0.15) is 4.73 Å². The molecule has 1 heterocycles. The molecule has 4 nitrogen and oxygen atoms in total. The molecule has 0 radical (unpaired) electrons. The van der Waals surface area contributed by atoms with Crippen LogP contribution in [0.3, 0.4) is 0 Å².